The van der Waals surface area contributed by atoms with Crippen molar-refractivity contribution in [3.63, 3.8) is 0 Å². The van der Waals surface area contributed by atoms with Crippen LogP contribution in [0.4, 0.5) is 0 Å². The molecular formula is C11H19NOS. The summed E-state index contributed by atoms with van der Waals surface area (Å²) in [5.74, 6) is 1.08. The van der Waals surface area contributed by atoms with Gasteiger partial charge in [0.15, 0.2) is 0 Å². The van der Waals surface area contributed by atoms with E-state index in [0.29, 0.717) is 6.61 Å². The van der Waals surface area contributed by atoms with Gasteiger partial charge in [0.25, 0.3) is 0 Å². The molecule has 0 heterocycles. The number of ether oxygens (including phenoxy) is 1. The fraction of sp³-hybridized carbons (Fsp3) is 0.455. The molecule has 1 rings (SSSR count). The van der Waals surface area contributed by atoms with Gasteiger partial charge >= 0.3 is 0 Å². The molecule has 0 aliphatic heterocycles. The lowest BCUT2D eigenvalue weighted by molar-refractivity contribution is 0.185. The number of benzene rings is 1. The maximum absolute atomic E-state index is 5.12. The highest BCUT2D eigenvalue weighted by Crippen LogP contribution is 1.98. The third kappa shape index (κ3) is 8.10. The smallest absolute Gasteiger partial charge is 0.0713 e. The predicted octanol–water partition coefficient (Wildman–Crippen LogP) is 2.14. The minimum atomic E-state index is 0.709. The molecule has 1 aromatic rings. The Balaban J connectivity index is 0.000000292. The summed E-state index contributed by atoms with van der Waals surface area (Å²) in [5, 5.41) is 0. The number of hydrogen-bond acceptors (Lipinski definition) is 3. The number of methoxy groups -OCH3 is 1. The van der Waals surface area contributed by atoms with E-state index >= 15 is 0 Å². The Kier molecular flexibility index (Phi) is 10.2. The molecule has 0 fully saturated rings. The van der Waals surface area contributed by atoms with Gasteiger partial charge in [-0.1, -0.05) is 30.3 Å². The Bertz CT molecular complexity index is 202. The molecule has 0 radical (unpaired) electrons. The first kappa shape index (κ1) is 13.5. The van der Waals surface area contributed by atoms with Crippen LogP contribution in [-0.4, -0.2) is 25.7 Å². The summed E-state index contributed by atoms with van der Waals surface area (Å²) in [6, 6.07) is 10.1. The molecule has 1 aromatic carbocycles. The molecule has 0 spiro atoms. The van der Waals surface area contributed by atoms with E-state index < -0.39 is 0 Å². The molecule has 14 heavy (non-hydrogen) atoms. The number of nitrogens with two attached hydrogens (primary N) is 1. The number of rotatable bonds is 4. The van der Waals surface area contributed by atoms with Crippen LogP contribution in [0.3, 0.4) is 0 Å². The van der Waals surface area contributed by atoms with Crippen molar-refractivity contribution in [2.75, 3.05) is 25.7 Å². The second-order valence-corrected chi connectivity index (χ2v) is 3.69. The maximum atomic E-state index is 5.12. The van der Waals surface area contributed by atoms with Crippen molar-refractivity contribution in [1.82, 2.24) is 0 Å². The van der Waals surface area contributed by atoms with Gasteiger partial charge in [0.2, 0.25) is 0 Å². The summed E-state index contributed by atoms with van der Waals surface area (Å²) < 4.78 is 4.93. The van der Waals surface area contributed by atoms with Gasteiger partial charge in [-0.25, -0.2) is 0 Å². The van der Waals surface area contributed by atoms with Crippen molar-refractivity contribution in [2.24, 2.45) is 5.73 Å². The third-order valence-electron chi connectivity index (χ3n) is 1.48. The molecule has 0 bridgehead atoms. The largest absolute Gasteiger partial charge is 0.380 e. The van der Waals surface area contributed by atoms with E-state index in [0.717, 1.165) is 12.3 Å². The summed E-state index contributed by atoms with van der Waals surface area (Å²) in [5.41, 5.74) is 6.34. The zero-order valence-corrected chi connectivity index (χ0v) is 9.72. The monoisotopic (exact) mass is 213 g/mol. The SMILES string of the molecule is COCc1ccccc1.CSCCN. The summed E-state index contributed by atoms with van der Waals surface area (Å²) in [7, 11) is 1.70. The normalized spacial score (nSPS) is 9.07. The van der Waals surface area contributed by atoms with Gasteiger partial charge < -0.3 is 10.5 Å². The topological polar surface area (TPSA) is 35.2 Å². The summed E-state index contributed by atoms with van der Waals surface area (Å²) in [6.45, 7) is 1.52. The van der Waals surface area contributed by atoms with E-state index in [1.54, 1.807) is 18.9 Å². The summed E-state index contributed by atoms with van der Waals surface area (Å²) in [6.07, 6.45) is 2.05. The van der Waals surface area contributed by atoms with E-state index in [1.165, 1.54) is 5.56 Å². The van der Waals surface area contributed by atoms with E-state index in [9.17, 15) is 0 Å². The Morgan fingerprint density at radius 1 is 1.29 bits per heavy atom. The molecule has 80 valence electrons. The van der Waals surface area contributed by atoms with Crippen LogP contribution in [0.2, 0.25) is 0 Å². The fourth-order valence-electron chi connectivity index (χ4n) is 0.859. The molecule has 0 aromatic heterocycles. The average Bonchev–Trinajstić information content (AvgIpc) is 2.22. The van der Waals surface area contributed by atoms with Crippen molar-refractivity contribution >= 4 is 11.8 Å². The van der Waals surface area contributed by atoms with Crippen molar-refractivity contribution in [3.05, 3.63) is 35.9 Å². The lowest BCUT2D eigenvalue weighted by Gasteiger charge is -1.95. The first-order valence-electron chi connectivity index (χ1n) is 4.57. The lowest BCUT2D eigenvalue weighted by Crippen LogP contribution is -1.99. The van der Waals surface area contributed by atoms with Crippen LogP contribution in [0.15, 0.2) is 30.3 Å². The lowest BCUT2D eigenvalue weighted by atomic mass is 10.2. The van der Waals surface area contributed by atoms with Gasteiger partial charge in [0.05, 0.1) is 6.61 Å². The van der Waals surface area contributed by atoms with Crippen LogP contribution >= 0.6 is 11.8 Å². The third-order valence-corrected chi connectivity index (χ3v) is 2.12. The van der Waals surface area contributed by atoms with Crippen LogP contribution in [0.25, 0.3) is 0 Å². The van der Waals surface area contributed by atoms with Crippen LogP contribution in [0.1, 0.15) is 5.56 Å². The molecule has 0 aliphatic carbocycles. The average molecular weight is 213 g/mol. The molecule has 2 N–H and O–H groups in total. The number of thioether (sulfide) groups is 1. The fourth-order valence-corrected chi connectivity index (χ4v) is 1.09. The van der Waals surface area contributed by atoms with Crippen molar-refractivity contribution in [3.8, 4) is 0 Å². The Morgan fingerprint density at radius 3 is 2.29 bits per heavy atom. The zero-order chi connectivity index (χ0) is 10.6. The van der Waals surface area contributed by atoms with Crippen LogP contribution in [0, 0.1) is 0 Å². The van der Waals surface area contributed by atoms with E-state index in [2.05, 4.69) is 0 Å². The minimum absolute atomic E-state index is 0.709. The van der Waals surface area contributed by atoms with Crippen molar-refractivity contribution < 1.29 is 4.74 Å². The highest BCUT2D eigenvalue weighted by Gasteiger charge is 1.84. The van der Waals surface area contributed by atoms with Crippen LogP contribution in [-0.2, 0) is 11.3 Å². The van der Waals surface area contributed by atoms with Gasteiger partial charge in [-0.15, -0.1) is 0 Å². The Hall–Kier alpha value is -0.510. The van der Waals surface area contributed by atoms with Crippen LogP contribution < -0.4 is 5.73 Å². The molecule has 0 unspecified atom stereocenters. The summed E-state index contributed by atoms with van der Waals surface area (Å²) >= 11 is 1.78. The molecule has 0 saturated carbocycles. The van der Waals surface area contributed by atoms with Gasteiger partial charge in [-0.05, 0) is 11.8 Å². The molecule has 2 nitrogen and oxygen atoms in total. The van der Waals surface area contributed by atoms with Gasteiger partial charge in [-0.2, -0.15) is 11.8 Å². The van der Waals surface area contributed by atoms with Gasteiger partial charge in [0, 0.05) is 19.4 Å². The molecular weight excluding hydrogens is 194 g/mol. The predicted molar refractivity (Wildman–Crippen MR) is 64.6 cm³/mol. The molecule has 0 saturated heterocycles. The maximum Gasteiger partial charge on any atom is 0.0713 e. The Morgan fingerprint density at radius 2 is 1.93 bits per heavy atom. The van der Waals surface area contributed by atoms with Crippen molar-refractivity contribution in [1.29, 1.82) is 0 Å². The van der Waals surface area contributed by atoms with E-state index in [-0.39, 0.29) is 0 Å². The van der Waals surface area contributed by atoms with Crippen LogP contribution in [0.5, 0.6) is 0 Å². The van der Waals surface area contributed by atoms with E-state index in [1.807, 2.05) is 36.6 Å². The molecule has 0 atom stereocenters. The Labute approximate surface area is 90.8 Å². The van der Waals surface area contributed by atoms with E-state index in [4.69, 9.17) is 10.5 Å². The zero-order valence-electron chi connectivity index (χ0n) is 8.90. The second-order valence-electron chi connectivity index (χ2n) is 2.70. The quantitative estimate of drug-likeness (QED) is 0.832. The molecule has 3 heteroatoms. The standard InChI is InChI=1S/C8H10O.C3H9NS/c1-9-7-8-5-3-2-4-6-8;1-5-3-2-4/h2-6H,7H2,1H3;2-4H2,1H3. The van der Waals surface area contributed by atoms with Gasteiger partial charge in [-0.3, -0.25) is 0 Å². The first-order chi connectivity index (χ1) is 6.85. The minimum Gasteiger partial charge on any atom is -0.380 e. The second kappa shape index (κ2) is 10.6. The van der Waals surface area contributed by atoms with Gasteiger partial charge in [0.1, 0.15) is 0 Å². The molecule has 0 amide bonds. The summed E-state index contributed by atoms with van der Waals surface area (Å²) in [4.78, 5) is 0. The first-order valence-corrected chi connectivity index (χ1v) is 5.96. The number of hydrogen-bond donors (Lipinski definition) is 1. The molecule has 0 aliphatic rings. The van der Waals surface area contributed by atoms with Crippen molar-refractivity contribution in [2.45, 2.75) is 6.61 Å². The highest BCUT2D eigenvalue weighted by atomic mass is 32.2. The highest BCUT2D eigenvalue weighted by molar-refractivity contribution is 7.98.